The number of nitro groups is 1. The lowest BCUT2D eigenvalue weighted by molar-refractivity contribution is -0.384. The summed E-state index contributed by atoms with van der Waals surface area (Å²) in [5.41, 5.74) is 4.39. The number of nitro benzene ring substituents is 1. The number of ketones is 1. The fraction of sp³-hybridized carbons (Fsp3) is 0.172. The molecule has 0 amide bonds. The highest BCUT2D eigenvalue weighted by molar-refractivity contribution is 6.37. The van der Waals surface area contributed by atoms with Crippen molar-refractivity contribution in [2.45, 2.75) is 26.4 Å². The Labute approximate surface area is 234 Å². The molecule has 198 valence electrons. The van der Waals surface area contributed by atoms with Gasteiger partial charge in [0.05, 0.1) is 32.8 Å². The summed E-state index contributed by atoms with van der Waals surface area (Å²) in [4.78, 5) is 37.2. The lowest BCUT2D eigenvalue weighted by Gasteiger charge is -2.29. The van der Waals surface area contributed by atoms with Gasteiger partial charge in [0, 0.05) is 40.4 Å². The number of hydrogen-bond donors (Lipinski definition) is 1. The summed E-state index contributed by atoms with van der Waals surface area (Å²) in [6.45, 7) is 3.71. The van der Waals surface area contributed by atoms with Crippen LogP contribution in [0.5, 0.6) is 5.75 Å². The molecule has 0 fully saturated rings. The predicted molar refractivity (Wildman–Crippen MR) is 147 cm³/mol. The molecule has 0 spiro atoms. The Balaban J connectivity index is 1.53. The van der Waals surface area contributed by atoms with E-state index in [-0.39, 0.29) is 40.5 Å². The molecule has 39 heavy (non-hydrogen) atoms. The second-order valence-electron chi connectivity index (χ2n) is 9.01. The van der Waals surface area contributed by atoms with Crippen molar-refractivity contribution in [2.75, 3.05) is 6.61 Å². The second-order valence-corrected chi connectivity index (χ2v) is 9.82. The van der Waals surface area contributed by atoms with E-state index in [1.807, 2.05) is 12.1 Å². The van der Waals surface area contributed by atoms with Gasteiger partial charge in [-0.2, -0.15) is 0 Å². The molecule has 0 bridgehead atoms. The van der Waals surface area contributed by atoms with Crippen LogP contribution in [0.3, 0.4) is 0 Å². The number of esters is 1. The molecule has 5 rings (SSSR count). The molecule has 0 saturated heterocycles. The van der Waals surface area contributed by atoms with Crippen molar-refractivity contribution in [3.05, 3.63) is 120 Å². The molecule has 2 aliphatic rings. The fourth-order valence-corrected chi connectivity index (χ4v) is 5.51. The molecule has 1 N–H and O–H groups in total. The van der Waals surface area contributed by atoms with E-state index < -0.39 is 16.8 Å². The molecule has 1 atom stereocenters. The number of Topliss-reactive ketones (excluding diaryl/α,β-unsaturated/α-hetero) is 1. The number of hydrogen-bond acceptors (Lipinski definition) is 7. The van der Waals surface area contributed by atoms with Gasteiger partial charge in [-0.05, 0) is 49.2 Å². The van der Waals surface area contributed by atoms with Gasteiger partial charge in [-0.3, -0.25) is 14.9 Å². The highest BCUT2D eigenvalue weighted by Gasteiger charge is 2.43. The number of halogens is 2. The van der Waals surface area contributed by atoms with Gasteiger partial charge >= 0.3 is 5.97 Å². The van der Waals surface area contributed by atoms with Crippen LogP contribution >= 0.6 is 23.2 Å². The SMILES string of the molecule is CCOC(=O)C1=C(C)NC2=C(C(=O)c3ccccc32)[C@@H]1c1cc(Cl)c(OCc2ccc([N+](=O)[O-])cc2)c(Cl)c1. The summed E-state index contributed by atoms with van der Waals surface area (Å²) < 4.78 is 11.2. The van der Waals surface area contributed by atoms with E-state index in [0.29, 0.717) is 39.2 Å². The lowest BCUT2D eigenvalue weighted by atomic mass is 9.80. The Morgan fingerprint density at radius 3 is 2.31 bits per heavy atom. The largest absolute Gasteiger partial charge is 0.486 e. The minimum atomic E-state index is -0.779. The van der Waals surface area contributed by atoms with E-state index in [0.717, 1.165) is 5.56 Å². The maximum absolute atomic E-state index is 13.6. The van der Waals surface area contributed by atoms with Gasteiger partial charge < -0.3 is 14.8 Å². The van der Waals surface area contributed by atoms with Gasteiger partial charge in [-0.1, -0.05) is 47.5 Å². The number of fused-ring (bicyclic) bond motifs is 2. The topological polar surface area (TPSA) is 108 Å². The molecule has 1 aliphatic carbocycles. The molecular formula is C29H22Cl2N2O6. The normalized spacial score (nSPS) is 16.0. The van der Waals surface area contributed by atoms with Gasteiger partial charge in [0.1, 0.15) is 6.61 Å². The Kier molecular flexibility index (Phi) is 7.16. The van der Waals surface area contributed by atoms with Crippen LogP contribution in [0.15, 0.2) is 77.5 Å². The molecule has 10 heteroatoms. The summed E-state index contributed by atoms with van der Waals surface area (Å²) in [5, 5.41) is 14.5. The fourth-order valence-electron chi connectivity index (χ4n) is 4.90. The minimum Gasteiger partial charge on any atom is -0.486 e. The van der Waals surface area contributed by atoms with E-state index in [2.05, 4.69) is 5.32 Å². The summed E-state index contributed by atoms with van der Waals surface area (Å²) >= 11 is 13.3. The maximum atomic E-state index is 13.6. The van der Waals surface area contributed by atoms with Crippen molar-refractivity contribution in [1.29, 1.82) is 0 Å². The average Bonchev–Trinajstić information content (AvgIpc) is 3.19. The van der Waals surface area contributed by atoms with Crippen LogP contribution in [-0.2, 0) is 16.1 Å². The highest BCUT2D eigenvalue weighted by Crippen LogP contribution is 2.48. The zero-order valence-corrected chi connectivity index (χ0v) is 22.4. The third-order valence-corrected chi connectivity index (χ3v) is 7.19. The van der Waals surface area contributed by atoms with E-state index in [1.165, 1.54) is 12.1 Å². The number of rotatable bonds is 7. The van der Waals surface area contributed by atoms with Crippen molar-refractivity contribution >= 4 is 46.3 Å². The van der Waals surface area contributed by atoms with Crippen LogP contribution < -0.4 is 10.1 Å². The molecule has 8 nitrogen and oxygen atoms in total. The molecule has 3 aromatic carbocycles. The Hall–Kier alpha value is -4.14. The van der Waals surface area contributed by atoms with Gasteiger partial charge in [-0.15, -0.1) is 0 Å². The lowest BCUT2D eigenvalue weighted by Crippen LogP contribution is -2.29. The van der Waals surface area contributed by atoms with Crippen molar-refractivity contribution in [3.8, 4) is 5.75 Å². The van der Waals surface area contributed by atoms with Crippen molar-refractivity contribution < 1.29 is 24.0 Å². The van der Waals surface area contributed by atoms with Gasteiger partial charge in [0.25, 0.3) is 5.69 Å². The number of carbonyl (C=O) groups excluding carboxylic acids is 2. The second kappa shape index (κ2) is 10.6. The summed E-state index contributed by atoms with van der Waals surface area (Å²) in [7, 11) is 0. The number of carbonyl (C=O) groups is 2. The molecule has 1 aliphatic heterocycles. The van der Waals surface area contributed by atoms with Crippen LogP contribution in [0.1, 0.15) is 46.8 Å². The van der Waals surface area contributed by atoms with Crippen LogP contribution in [-0.4, -0.2) is 23.3 Å². The molecular weight excluding hydrogens is 543 g/mol. The van der Waals surface area contributed by atoms with Crippen molar-refractivity contribution in [1.82, 2.24) is 5.32 Å². The standard InChI is InChI=1S/C29H22Cl2N2O6/c1-3-38-29(35)23-15(2)32-26-19-6-4-5-7-20(19)27(34)25(26)24(23)17-12-21(30)28(22(31)13-17)39-14-16-8-10-18(11-9-16)33(36)37/h4-13,24,32H,3,14H2,1-2H3/t24-/m1/s1. The number of allylic oxidation sites excluding steroid dienone is 2. The third-order valence-electron chi connectivity index (χ3n) is 6.63. The Bertz CT molecular complexity index is 1570. The number of nitrogens with zero attached hydrogens (tertiary/aromatic N) is 1. The van der Waals surface area contributed by atoms with Crippen LogP contribution in [0.4, 0.5) is 5.69 Å². The predicted octanol–water partition coefficient (Wildman–Crippen LogP) is 6.61. The third kappa shape index (κ3) is 4.77. The van der Waals surface area contributed by atoms with Crippen molar-refractivity contribution in [3.63, 3.8) is 0 Å². The van der Waals surface area contributed by atoms with Gasteiger partial charge in [0.2, 0.25) is 0 Å². The van der Waals surface area contributed by atoms with E-state index in [4.69, 9.17) is 32.7 Å². The molecule has 1 heterocycles. The molecule has 3 aromatic rings. The minimum absolute atomic E-state index is 0.0285. The smallest absolute Gasteiger partial charge is 0.336 e. The Morgan fingerprint density at radius 1 is 1.05 bits per heavy atom. The number of non-ortho nitro benzene ring substituents is 1. The van der Waals surface area contributed by atoms with Crippen LogP contribution in [0.2, 0.25) is 10.0 Å². The zero-order chi connectivity index (χ0) is 27.8. The Morgan fingerprint density at radius 2 is 1.69 bits per heavy atom. The van der Waals surface area contributed by atoms with E-state index in [1.54, 1.807) is 50.2 Å². The highest BCUT2D eigenvalue weighted by atomic mass is 35.5. The van der Waals surface area contributed by atoms with Crippen molar-refractivity contribution in [2.24, 2.45) is 0 Å². The summed E-state index contributed by atoms with van der Waals surface area (Å²) in [6, 6.07) is 16.4. The van der Waals surface area contributed by atoms with E-state index >= 15 is 0 Å². The summed E-state index contributed by atoms with van der Waals surface area (Å²) in [5.74, 6) is -1.31. The number of benzene rings is 3. The van der Waals surface area contributed by atoms with E-state index in [9.17, 15) is 19.7 Å². The first kappa shape index (κ1) is 26.5. The number of dihydropyridines is 1. The quantitative estimate of drug-likeness (QED) is 0.195. The molecule has 0 unspecified atom stereocenters. The average molecular weight is 565 g/mol. The molecule has 0 aromatic heterocycles. The molecule has 0 saturated carbocycles. The first-order chi connectivity index (χ1) is 18.7. The molecule has 0 radical (unpaired) electrons. The monoisotopic (exact) mass is 564 g/mol. The van der Waals surface area contributed by atoms with Gasteiger partial charge in [-0.25, -0.2) is 4.79 Å². The maximum Gasteiger partial charge on any atom is 0.336 e. The summed E-state index contributed by atoms with van der Waals surface area (Å²) in [6.07, 6.45) is 0. The number of ether oxygens (including phenoxy) is 2. The first-order valence-corrected chi connectivity index (χ1v) is 12.8. The van der Waals surface area contributed by atoms with Crippen LogP contribution in [0, 0.1) is 10.1 Å². The zero-order valence-electron chi connectivity index (χ0n) is 20.9. The number of nitrogens with one attached hydrogen (secondary N) is 1. The van der Waals surface area contributed by atoms with Gasteiger partial charge in [0.15, 0.2) is 11.5 Å². The van der Waals surface area contributed by atoms with Crippen LogP contribution in [0.25, 0.3) is 5.70 Å². The first-order valence-electron chi connectivity index (χ1n) is 12.1.